The first-order chi connectivity index (χ1) is 19.8. The molecule has 12 atom stereocenters. The topological polar surface area (TPSA) is 125 Å². The molecule has 9 heteroatoms. The number of aliphatic hydroxyl groups excluding tert-OH is 2. The highest BCUT2D eigenvalue weighted by Crippen LogP contribution is 2.72. The van der Waals surface area contributed by atoms with Crippen LogP contribution in [0.1, 0.15) is 79.2 Å². The average Bonchev–Trinajstić information content (AvgIpc) is 3.64. The van der Waals surface area contributed by atoms with Crippen molar-refractivity contribution in [3.8, 4) is 0 Å². The van der Waals surface area contributed by atoms with Crippen LogP contribution in [0.3, 0.4) is 0 Å². The number of hydrogen-bond acceptors (Lipinski definition) is 9. The minimum atomic E-state index is -1.08. The molecule has 42 heavy (non-hydrogen) atoms. The number of fused-ring (bicyclic) bond motifs is 4. The van der Waals surface area contributed by atoms with Crippen molar-refractivity contribution in [1.82, 2.24) is 0 Å². The van der Waals surface area contributed by atoms with Crippen molar-refractivity contribution < 1.29 is 43.2 Å². The SMILES string of the molecule is C/C=C(\C)C(=O)O[C@@H]1[C@@H]2OC[C@]3(C)[C@H](OC(C)=O)C[C@H](O)[C@@](C)([C@@H]23)[C@H]2CC(O)O[C@H]3C[C@@H](c4ccoc4)C(C)=C3[C@]12C. The van der Waals surface area contributed by atoms with Gasteiger partial charge in [0.2, 0.25) is 0 Å². The molecule has 6 rings (SSSR count). The molecule has 9 nitrogen and oxygen atoms in total. The zero-order valence-electron chi connectivity index (χ0n) is 25.6. The first-order valence-corrected chi connectivity index (χ1v) is 15.2. The van der Waals surface area contributed by atoms with Gasteiger partial charge in [-0.1, -0.05) is 32.4 Å². The summed E-state index contributed by atoms with van der Waals surface area (Å²) >= 11 is 0. The second-order valence-corrected chi connectivity index (χ2v) is 13.9. The molecule has 3 aliphatic carbocycles. The lowest BCUT2D eigenvalue weighted by Gasteiger charge is -2.66. The molecule has 1 aromatic rings. The van der Waals surface area contributed by atoms with Crippen LogP contribution in [0.25, 0.3) is 0 Å². The van der Waals surface area contributed by atoms with Crippen LogP contribution in [-0.4, -0.2) is 65.6 Å². The number of furan rings is 1. The van der Waals surface area contributed by atoms with E-state index in [2.05, 4.69) is 27.7 Å². The Kier molecular flexibility index (Phi) is 7.08. The summed E-state index contributed by atoms with van der Waals surface area (Å²) in [7, 11) is 0. The Morgan fingerprint density at radius 2 is 1.83 bits per heavy atom. The lowest BCUT2D eigenvalue weighted by atomic mass is 9.39. The van der Waals surface area contributed by atoms with Gasteiger partial charge in [-0.3, -0.25) is 4.79 Å². The van der Waals surface area contributed by atoms with Gasteiger partial charge >= 0.3 is 11.9 Å². The number of hydrogen-bond donors (Lipinski definition) is 2. The third kappa shape index (κ3) is 3.96. The summed E-state index contributed by atoms with van der Waals surface area (Å²) in [5, 5.41) is 23.4. The lowest BCUT2D eigenvalue weighted by Crippen LogP contribution is -2.72. The van der Waals surface area contributed by atoms with Crippen molar-refractivity contribution in [2.24, 2.45) is 28.1 Å². The Hall–Kier alpha value is -2.46. The molecule has 2 N–H and O–H groups in total. The van der Waals surface area contributed by atoms with Crippen LogP contribution >= 0.6 is 0 Å². The molecular weight excluding hydrogens is 540 g/mol. The second kappa shape index (κ2) is 10.0. The molecule has 1 unspecified atom stereocenters. The van der Waals surface area contributed by atoms with Gasteiger partial charge in [0, 0.05) is 53.4 Å². The second-order valence-electron chi connectivity index (χ2n) is 13.9. The van der Waals surface area contributed by atoms with Gasteiger partial charge in [0.25, 0.3) is 0 Å². The summed E-state index contributed by atoms with van der Waals surface area (Å²) in [6.45, 7) is 13.5. The van der Waals surface area contributed by atoms with Crippen molar-refractivity contribution in [3.05, 3.63) is 47.0 Å². The number of rotatable bonds is 4. The summed E-state index contributed by atoms with van der Waals surface area (Å²) in [5.41, 5.74) is 1.35. The van der Waals surface area contributed by atoms with Gasteiger partial charge in [0.15, 0.2) is 6.29 Å². The van der Waals surface area contributed by atoms with E-state index in [1.54, 1.807) is 32.4 Å². The zero-order valence-corrected chi connectivity index (χ0v) is 25.6. The molecule has 0 bridgehead atoms. The van der Waals surface area contributed by atoms with Crippen LogP contribution in [0.4, 0.5) is 0 Å². The van der Waals surface area contributed by atoms with Crippen molar-refractivity contribution in [2.45, 2.75) is 110 Å². The summed E-state index contributed by atoms with van der Waals surface area (Å²) in [6, 6.07) is 1.95. The van der Waals surface area contributed by atoms with Crippen LogP contribution in [0.5, 0.6) is 0 Å². The smallest absolute Gasteiger partial charge is 0.333 e. The predicted octanol–water partition coefficient (Wildman–Crippen LogP) is 4.43. The maximum absolute atomic E-state index is 13.5. The van der Waals surface area contributed by atoms with Crippen LogP contribution in [-0.2, 0) is 28.5 Å². The predicted molar refractivity (Wildman–Crippen MR) is 151 cm³/mol. The molecule has 0 amide bonds. The number of esters is 2. The number of ether oxygens (including phenoxy) is 4. The molecule has 5 aliphatic rings. The third-order valence-electron chi connectivity index (χ3n) is 11.9. The van der Waals surface area contributed by atoms with E-state index < -0.39 is 65.0 Å². The van der Waals surface area contributed by atoms with E-state index in [4.69, 9.17) is 23.4 Å². The van der Waals surface area contributed by atoms with Crippen molar-refractivity contribution in [2.75, 3.05) is 6.61 Å². The van der Waals surface area contributed by atoms with E-state index in [0.717, 1.165) is 16.7 Å². The van der Waals surface area contributed by atoms with Crippen LogP contribution in [0.15, 0.2) is 45.8 Å². The highest BCUT2D eigenvalue weighted by molar-refractivity contribution is 5.87. The van der Waals surface area contributed by atoms with E-state index >= 15 is 0 Å². The van der Waals surface area contributed by atoms with E-state index in [9.17, 15) is 19.8 Å². The van der Waals surface area contributed by atoms with E-state index in [-0.39, 0.29) is 30.6 Å². The van der Waals surface area contributed by atoms with Crippen LogP contribution < -0.4 is 0 Å². The molecule has 230 valence electrons. The largest absolute Gasteiger partial charge is 0.472 e. The molecule has 2 aliphatic heterocycles. The Labute approximate surface area is 247 Å². The Morgan fingerprint density at radius 3 is 2.48 bits per heavy atom. The van der Waals surface area contributed by atoms with Crippen LogP contribution in [0, 0.1) is 28.1 Å². The van der Waals surface area contributed by atoms with E-state index in [1.807, 2.05) is 6.07 Å². The van der Waals surface area contributed by atoms with E-state index in [1.165, 1.54) is 6.92 Å². The molecule has 0 aromatic carbocycles. The number of allylic oxidation sites excluding steroid dienone is 2. The fourth-order valence-corrected chi connectivity index (χ4v) is 9.91. The quantitative estimate of drug-likeness (QED) is 0.300. The minimum Gasteiger partial charge on any atom is -0.472 e. The van der Waals surface area contributed by atoms with Gasteiger partial charge < -0.3 is 33.6 Å². The van der Waals surface area contributed by atoms with Crippen molar-refractivity contribution >= 4 is 11.9 Å². The van der Waals surface area contributed by atoms with Crippen LogP contribution in [0.2, 0.25) is 0 Å². The highest BCUT2D eigenvalue weighted by atomic mass is 16.6. The summed E-state index contributed by atoms with van der Waals surface area (Å²) < 4.78 is 30.8. The molecule has 3 heterocycles. The number of carbonyl (C=O) groups excluding carboxylic acids is 2. The molecule has 2 saturated carbocycles. The Bertz CT molecular complexity index is 1310. The normalized spacial score (nSPS) is 46.4. The molecule has 2 saturated heterocycles. The fourth-order valence-electron chi connectivity index (χ4n) is 9.91. The van der Waals surface area contributed by atoms with Gasteiger partial charge in [-0.25, -0.2) is 4.79 Å². The van der Waals surface area contributed by atoms with Gasteiger partial charge in [0.1, 0.15) is 12.2 Å². The number of carbonyl (C=O) groups is 2. The highest BCUT2D eigenvalue weighted by Gasteiger charge is 2.77. The average molecular weight is 585 g/mol. The monoisotopic (exact) mass is 584 g/mol. The van der Waals surface area contributed by atoms with Gasteiger partial charge in [-0.15, -0.1) is 0 Å². The van der Waals surface area contributed by atoms with Gasteiger partial charge in [0.05, 0.1) is 37.4 Å². The van der Waals surface area contributed by atoms with Gasteiger partial charge in [-0.2, -0.15) is 0 Å². The molecule has 0 radical (unpaired) electrons. The zero-order chi connectivity index (χ0) is 30.4. The molecule has 0 spiro atoms. The number of aliphatic hydroxyl groups is 2. The standard InChI is InChI=1S/C33H44O9/c1-8-16(2)30(37)42-29-27-28-31(5,15-39-27)24(40-18(4)34)13-23(35)32(28,6)22-12-25(36)41-21-11-20(19-9-10-38-14-19)17(3)26(21)33(22,29)7/h8-10,14,20-25,27-29,35-36H,11-13,15H2,1-7H3/b16-8+/t20-,21+,22-,23+,24-,25?,27-,28+,29-,31-,32+,33-/m1/s1. The Morgan fingerprint density at radius 1 is 1.10 bits per heavy atom. The fraction of sp³-hybridized carbons (Fsp3) is 0.697. The Balaban J connectivity index is 1.58. The minimum absolute atomic E-state index is 0.00469. The van der Waals surface area contributed by atoms with Gasteiger partial charge in [-0.05, 0) is 50.3 Å². The maximum Gasteiger partial charge on any atom is 0.333 e. The summed E-state index contributed by atoms with van der Waals surface area (Å²) in [6.07, 6.45) is 2.01. The summed E-state index contributed by atoms with van der Waals surface area (Å²) in [4.78, 5) is 25.7. The summed E-state index contributed by atoms with van der Waals surface area (Å²) in [5.74, 6) is -1.51. The maximum atomic E-state index is 13.5. The van der Waals surface area contributed by atoms with Crippen molar-refractivity contribution in [1.29, 1.82) is 0 Å². The van der Waals surface area contributed by atoms with E-state index in [0.29, 0.717) is 18.6 Å². The first-order valence-electron chi connectivity index (χ1n) is 15.2. The molecule has 1 aromatic heterocycles. The lowest BCUT2D eigenvalue weighted by molar-refractivity contribution is -0.258. The first kappa shape index (κ1) is 29.6. The third-order valence-corrected chi connectivity index (χ3v) is 11.9. The molecular formula is C33H44O9. The van der Waals surface area contributed by atoms with Crippen molar-refractivity contribution in [3.63, 3.8) is 0 Å². The molecule has 4 fully saturated rings.